The van der Waals surface area contributed by atoms with Crippen LogP contribution < -0.4 is 16.6 Å². The Labute approximate surface area is 111 Å². The Morgan fingerprint density at radius 2 is 2.18 bits per heavy atom. The van der Waals surface area contributed by atoms with Crippen molar-refractivity contribution in [1.82, 2.24) is 10.7 Å². The average Bonchev–Trinajstić information content (AvgIpc) is 2.70. The quantitative estimate of drug-likeness (QED) is 0.342. The van der Waals surface area contributed by atoms with E-state index in [0.29, 0.717) is 11.9 Å². The van der Waals surface area contributed by atoms with Crippen LogP contribution in [0.1, 0.15) is 31.7 Å². The van der Waals surface area contributed by atoms with E-state index in [1.54, 1.807) is 11.3 Å². The van der Waals surface area contributed by atoms with Gasteiger partial charge in [0.25, 0.3) is 0 Å². The van der Waals surface area contributed by atoms with Gasteiger partial charge >= 0.3 is 0 Å². The zero-order valence-electron chi connectivity index (χ0n) is 10.3. The Hall–Kier alpha value is -0.780. The van der Waals surface area contributed by atoms with Crippen molar-refractivity contribution in [3.63, 3.8) is 0 Å². The van der Waals surface area contributed by atoms with Crippen LogP contribution in [0.4, 0.5) is 0 Å². The molecule has 96 valence electrons. The highest BCUT2D eigenvalue weighted by Crippen LogP contribution is 2.26. The van der Waals surface area contributed by atoms with Gasteiger partial charge in [-0.15, -0.1) is 11.3 Å². The lowest BCUT2D eigenvalue weighted by Gasteiger charge is -2.15. The zero-order chi connectivity index (χ0) is 12.8. The van der Waals surface area contributed by atoms with Gasteiger partial charge in [-0.3, -0.25) is 10.4 Å². The highest BCUT2D eigenvalue weighted by Gasteiger charge is 2.09. The second-order valence-corrected chi connectivity index (χ2v) is 5.98. The predicted molar refractivity (Wildman–Crippen MR) is 75.3 cm³/mol. The van der Waals surface area contributed by atoms with E-state index in [1.807, 2.05) is 19.1 Å². The van der Waals surface area contributed by atoms with Crippen LogP contribution in [0.2, 0.25) is 4.34 Å². The van der Waals surface area contributed by atoms with Gasteiger partial charge in [0.2, 0.25) is 5.96 Å². The zero-order valence-corrected chi connectivity index (χ0v) is 11.9. The Morgan fingerprint density at radius 3 is 2.65 bits per heavy atom. The Balaban J connectivity index is 2.59. The van der Waals surface area contributed by atoms with Crippen LogP contribution in [0.3, 0.4) is 0 Å². The fourth-order valence-electron chi connectivity index (χ4n) is 1.24. The van der Waals surface area contributed by atoms with Crippen LogP contribution >= 0.6 is 22.9 Å². The number of nitrogens with one attached hydrogen (secondary N) is 2. The summed E-state index contributed by atoms with van der Waals surface area (Å²) in [6.45, 7) is 7.01. The van der Waals surface area contributed by atoms with Crippen LogP contribution in [0.5, 0.6) is 0 Å². The molecule has 1 rings (SSSR count). The number of aliphatic imine (C=N–C) groups is 1. The van der Waals surface area contributed by atoms with Crippen molar-refractivity contribution in [3.05, 3.63) is 21.3 Å². The molecule has 0 aliphatic heterocycles. The topological polar surface area (TPSA) is 62.4 Å². The molecule has 0 radical (unpaired) electrons. The molecule has 1 unspecified atom stereocenters. The maximum atomic E-state index is 5.90. The smallest absolute Gasteiger partial charge is 0.206 e. The molecule has 1 heterocycles. The van der Waals surface area contributed by atoms with Crippen molar-refractivity contribution in [3.8, 4) is 0 Å². The lowest BCUT2D eigenvalue weighted by molar-refractivity contribution is 0.645. The Kier molecular flexibility index (Phi) is 5.74. The van der Waals surface area contributed by atoms with Crippen LogP contribution in [-0.4, -0.2) is 12.5 Å². The lowest BCUT2D eigenvalue weighted by atomic mass is 10.2. The fraction of sp³-hybridized carbons (Fsp3) is 0.545. The highest BCUT2D eigenvalue weighted by molar-refractivity contribution is 7.16. The number of halogens is 1. The number of nitrogens with two attached hydrogens (primary N) is 1. The molecule has 0 fully saturated rings. The van der Waals surface area contributed by atoms with Crippen molar-refractivity contribution in [1.29, 1.82) is 0 Å². The molecule has 0 aromatic carbocycles. The van der Waals surface area contributed by atoms with E-state index < -0.39 is 0 Å². The van der Waals surface area contributed by atoms with Gasteiger partial charge in [0.15, 0.2) is 0 Å². The SMILES string of the molecule is CC(C)CN=C(NN)NC(C)c1ccc(Cl)s1. The number of guanidine groups is 1. The van der Waals surface area contributed by atoms with Crippen LogP contribution in [-0.2, 0) is 0 Å². The Bertz CT molecular complexity index is 375. The van der Waals surface area contributed by atoms with Crippen molar-refractivity contribution >= 4 is 28.9 Å². The molecule has 0 bridgehead atoms. The molecule has 0 amide bonds. The molecular formula is C11H19ClN4S. The normalized spacial score (nSPS) is 13.9. The largest absolute Gasteiger partial charge is 0.348 e. The third-order valence-electron chi connectivity index (χ3n) is 2.13. The van der Waals surface area contributed by atoms with E-state index in [4.69, 9.17) is 17.4 Å². The minimum absolute atomic E-state index is 0.134. The van der Waals surface area contributed by atoms with Gasteiger partial charge in [-0.2, -0.15) is 0 Å². The fourth-order valence-corrected chi connectivity index (χ4v) is 2.31. The molecule has 0 saturated heterocycles. The first-order chi connectivity index (χ1) is 8.02. The Morgan fingerprint density at radius 1 is 1.47 bits per heavy atom. The molecule has 1 aromatic heterocycles. The summed E-state index contributed by atoms with van der Waals surface area (Å²) in [5.41, 5.74) is 2.58. The maximum absolute atomic E-state index is 5.90. The first-order valence-corrected chi connectivity index (χ1v) is 6.75. The third-order valence-corrected chi connectivity index (χ3v) is 3.54. The molecule has 1 atom stereocenters. The van der Waals surface area contributed by atoms with Gasteiger partial charge in [0.1, 0.15) is 0 Å². The summed E-state index contributed by atoms with van der Waals surface area (Å²) >= 11 is 7.45. The first kappa shape index (κ1) is 14.3. The summed E-state index contributed by atoms with van der Waals surface area (Å²) in [6.07, 6.45) is 0. The van der Waals surface area contributed by atoms with E-state index in [9.17, 15) is 0 Å². The van der Waals surface area contributed by atoms with Crippen LogP contribution in [0, 0.1) is 5.92 Å². The molecule has 6 heteroatoms. The number of thiophene rings is 1. The van der Waals surface area contributed by atoms with Crippen LogP contribution in [0.15, 0.2) is 17.1 Å². The molecule has 4 N–H and O–H groups in total. The van der Waals surface area contributed by atoms with Crippen LogP contribution in [0.25, 0.3) is 0 Å². The van der Waals surface area contributed by atoms with Gasteiger partial charge in [0.05, 0.1) is 10.4 Å². The summed E-state index contributed by atoms with van der Waals surface area (Å²) in [7, 11) is 0. The van der Waals surface area contributed by atoms with Crippen molar-refractivity contribution in [2.24, 2.45) is 16.8 Å². The van der Waals surface area contributed by atoms with E-state index in [1.165, 1.54) is 0 Å². The second kappa shape index (κ2) is 6.83. The molecular weight excluding hydrogens is 256 g/mol. The summed E-state index contributed by atoms with van der Waals surface area (Å²) in [6, 6.07) is 4.02. The molecule has 0 aliphatic rings. The van der Waals surface area contributed by atoms with Gasteiger partial charge in [-0.25, -0.2) is 5.84 Å². The minimum Gasteiger partial charge on any atom is -0.348 e. The van der Waals surface area contributed by atoms with E-state index in [2.05, 4.69) is 29.6 Å². The van der Waals surface area contributed by atoms with Gasteiger partial charge in [-0.1, -0.05) is 25.4 Å². The minimum atomic E-state index is 0.134. The number of rotatable bonds is 4. The molecule has 0 spiro atoms. The van der Waals surface area contributed by atoms with Gasteiger partial charge in [-0.05, 0) is 25.0 Å². The highest BCUT2D eigenvalue weighted by atomic mass is 35.5. The molecule has 17 heavy (non-hydrogen) atoms. The van der Waals surface area contributed by atoms with E-state index in [0.717, 1.165) is 15.8 Å². The predicted octanol–water partition coefficient (Wildman–Crippen LogP) is 2.53. The molecule has 4 nitrogen and oxygen atoms in total. The van der Waals surface area contributed by atoms with Crippen molar-refractivity contribution in [2.75, 3.05) is 6.54 Å². The number of hydrogen-bond donors (Lipinski definition) is 3. The molecule has 0 aliphatic carbocycles. The summed E-state index contributed by atoms with van der Waals surface area (Å²) in [5, 5.41) is 3.22. The van der Waals surface area contributed by atoms with Crippen molar-refractivity contribution < 1.29 is 0 Å². The van der Waals surface area contributed by atoms with E-state index in [-0.39, 0.29) is 6.04 Å². The van der Waals surface area contributed by atoms with E-state index >= 15 is 0 Å². The monoisotopic (exact) mass is 274 g/mol. The summed E-state index contributed by atoms with van der Waals surface area (Å²) in [4.78, 5) is 5.51. The summed E-state index contributed by atoms with van der Waals surface area (Å²) < 4.78 is 0.787. The first-order valence-electron chi connectivity index (χ1n) is 5.55. The van der Waals surface area contributed by atoms with Gasteiger partial charge < -0.3 is 5.32 Å². The number of hydrogen-bond acceptors (Lipinski definition) is 3. The average molecular weight is 275 g/mol. The third kappa shape index (κ3) is 4.93. The number of nitrogens with zero attached hydrogens (tertiary/aromatic N) is 1. The maximum Gasteiger partial charge on any atom is 0.206 e. The molecule has 1 aromatic rings. The summed E-state index contributed by atoms with van der Waals surface area (Å²) in [5.74, 6) is 6.54. The standard InChI is InChI=1S/C11H19ClN4S/c1-7(2)6-14-11(16-13)15-8(3)9-4-5-10(12)17-9/h4-5,7-8H,6,13H2,1-3H3,(H2,14,15,16). The number of hydrazine groups is 1. The molecule has 0 saturated carbocycles. The van der Waals surface area contributed by atoms with Crippen molar-refractivity contribution in [2.45, 2.75) is 26.8 Å². The van der Waals surface area contributed by atoms with Gasteiger partial charge in [0, 0.05) is 11.4 Å². The second-order valence-electron chi connectivity index (χ2n) is 4.24. The lowest BCUT2D eigenvalue weighted by Crippen LogP contribution is -2.42.